The third-order valence-electron chi connectivity index (χ3n) is 3.71. The Bertz CT molecular complexity index is 225. The zero-order valence-electron chi connectivity index (χ0n) is 11.5. The zero-order valence-corrected chi connectivity index (χ0v) is 11.5. The van der Waals surface area contributed by atoms with Crippen molar-refractivity contribution < 1.29 is 9.84 Å². The molecular formula is C13H28N2O2. The molecule has 1 aliphatic rings. The second-order valence-electron chi connectivity index (χ2n) is 6.19. The number of hydrogen-bond acceptors (Lipinski definition) is 4. The standard InChI is InChI=1S/C13H28N2O2/c1-12(2,10-14)4-7-15(3)11-13(16)5-8-17-9-6-13/h16H,4-11,14H2,1-3H3. The molecule has 17 heavy (non-hydrogen) atoms. The molecule has 0 spiro atoms. The van der Waals surface area contributed by atoms with Gasteiger partial charge < -0.3 is 20.5 Å². The molecule has 1 saturated heterocycles. The largest absolute Gasteiger partial charge is 0.388 e. The molecule has 0 aliphatic carbocycles. The molecule has 0 radical (unpaired) electrons. The van der Waals surface area contributed by atoms with Crippen molar-refractivity contribution in [3.05, 3.63) is 0 Å². The zero-order chi connectivity index (χ0) is 12.9. The Hall–Kier alpha value is -0.160. The Kier molecular flexibility index (Phi) is 5.38. The van der Waals surface area contributed by atoms with Gasteiger partial charge in [0.1, 0.15) is 0 Å². The molecule has 0 atom stereocenters. The molecule has 0 bridgehead atoms. The van der Waals surface area contributed by atoms with Gasteiger partial charge in [-0.05, 0) is 32.0 Å². The van der Waals surface area contributed by atoms with Crippen LogP contribution >= 0.6 is 0 Å². The van der Waals surface area contributed by atoms with Gasteiger partial charge in [-0.2, -0.15) is 0 Å². The minimum Gasteiger partial charge on any atom is -0.388 e. The second-order valence-corrected chi connectivity index (χ2v) is 6.19. The molecule has 1 heterocycles. The van der Waals surface area contributed by atoms with Crippen LogP contribution in [-0.2, 0) is 4.74 Å². The molecule has 0 amide bonds. The van der Waals surface area contributed by atoms with Crippen LogP contribution in [0.15, 0.2) is 0 Å². The van der Waals surface area contributed by atoms with Crippen molar-refractivity contribution in [1.29, 1.82) is 0 Å². The first-order chi connectivity index (χ1) is 7.87. The molecule has 1 fully saturated rings. The Morgan fingerprint density at radius 3 is 2.47 bits per heavy atom. The highest BCUT2D eigenvalue weighted by atomic mass is 16.5. The fraction of sp³-hybridized carbons (Fsp3) is 1.00. The molecule has 0 saturated carbocycles. The maximum absolute atomic E-state index is 10.4. The maximum Gasteiger partial charge on any atom is 0.0817 e. The molecule has 0 unspecified atom stereocenters. The van der Waals surface area contributed by atoms with Gasteiger partial charge in [-0.25, -0.2) is 0 Å². The second kappa shape index (κ2) is 6.14. The van der Waals surface area contributed by atoms with Gasteiger partial charge in [0.05, 0.1) is 5.60 Å². The molecule has 4 nitrogen and oxygen atoms in total. The maximum atomic E-state index is 10.4. The number of rotatable bonds is 6. The number of likely N-dealkylation sites (N-methyl/N-ethyl adjacent to an activating group) is 1. The van der Waals surface area contributed by atoms with E-state index in [1.165, 1.54) is 0 Å². The van der Waals surface area contributed by atoms with E-state index in [4.69, 9.17) is 10.5 Å². The number of ether oxygens (including phenoxy) is 1. The molecule has 1 rings (SSSR count). The van der Waals surface area contributed by atoms with Crippen molar-refractivity contribution in [3.63, 3.8) is 0 Å². The van der Waals surface area contributed by atoms with Crippen molar-refractivity contribution in [3.8, 4) is 0 Å². The molecule has 0 aromatic rings. The third kappa shape index (κ3) is 5.34. The smallest absolute Gasteiger partial charge is 0.0817 e. The molecule has 0 aromatic carbocycles. The number of nitrogens with zero attached hydrogens (tertiary/aromatic N) is 1. The number of hydrogen-bond donors (Lipinski definition) is 2. The summed E-state index contributed by atoms with van der Waals surface area (Å²) in [4.78, 5) is 2.21. The number of aliphatic hydroxyl groups is 1. The van der Waals surface area contributed by atoms with Crippen molar-refractivity contribution in [1.82, 2.24) is 4.90 Å². The SMILES string of the molecule is CN(CCC(C)(C)CN)CC1(O)CCOCC1. The molecule has 3 N–H and O–H groups in total. The van der Waals surface area contributed by atoms with Gasteiger partial charge in [0.15, 0.2) is 0 Å². The predicted octanol–water partition coefficient (Wildman–Crippen LogP) is 0.835. The molecule has 4 heteroatoms. The van der Waals surface area contributed by atoms with Gasteiger partial charge in [-0.3, -0.25) is 0 Å². The summed E-state index contributed by atoms with van der Waals surface area (Å²) in [6.07, 6.45) is 2.56. The average molecular weight is 244 g/mol. The first-order valence-electron chi connectivity index (χ1n) is 6.56. The van der Waals surface area contributed by atoms with Gasteiger partial charge in [0.2, 0.25) is 0 Å². The Labute approximate surface area is 105 Å². The topological polar surface area (TPSA) is 58.7 Å². The lowest BCUT2D eigenvalue weighted by molar-refractivity contribution is -0.0775. The highest BCUT2D eigenvalue weighted by Gasteiger charge is 2.31. The van der Waals surface area contributed by atoms with Crippen LogP contribution in [0.5, 0.6) is 0 Å². The van der Waals surface area contributed by atoms with E-state index in [-0.39, 0.29) is 5.41 Å². The molecule has 1 aliphatic heterocycles. The summed E-state index contributed by atoms with van der Waals surface area (Å²) >= 11 is 0. The Balaban J connectivity index is 2.31. The van der Waals surface area contributed by atoms with Crippen LogP contribution in [0.4, 0.5) is 0 Å². The lowest BCUT2D eigenvalue weighted by Crippen LogP contribution is -2.46. The van der Waals surface area contributed by atoms with E-state index in [2.05, 4.69) is 25.8 Å². The summed E-state index contributed by atoms with van der Waals surface area (Å²) in [5.74, 6) is 0. The summed E-state index contributed by atoms with van der Waals surface area (Å²) < 4.78 is 5.28. The summed E-state index contributed by atoms with van der Waals surface area (Å²) in [5, 5.41) is 10.4. The fourth-order valence-corrected chi connectivity index (χ4v) is 2.09. The van der Waals surface area contributed by atoms with Gasteiger partial charge in [0, 0.05) is 32.6 Å². The van der Waals surface area contributed by atoms with Crippen molar-refractivity contribution in [2.24, 2.45) is 11.1 Å². The minimum atomic E-state index is -0.556. The summed E-state index contributed by atoms with van der Waals surface area (Å²) in [7, 11) is 2.07. The molecule has 0 aromatic heterocycles. The van der Waals surface area contributed by atoms with Gasteiger partial charge >= 0.3 is 0 Å². The minimum absolute atomic E-state index is 0.187. The number of nitrogens with two attached hydrogens (primary N) is 1. The highest BCUT2D eigenvalue weighted by molar-refractivity contribution is 4.84. The van der Waals surface area contributed by atoms with E-state index in [9.17, 15) is 5.11 Å². The lowest BCUT2D eigenvalue weighted by atomic mass is 9.89. The predicted molar refractivity (Wildman–Crippen MR) is 70.0 cm³/mol. The van der Waals surface area contributed by atoms with E-state index in [0.29, 0.717) is 19.8 Å². The van der Waals surface area contributed by atoms with Crippen LogP contribution in [-0.4, -0.2) is 55.5 Å². The van der Waals surface area contributed by atoms with E-state index in [1.807, 2.05) is 0 Å². The van der Waals surface area contributed by atoms with E-state index >= 15 is 0 Å². The third-order valence-corrected chi connectivity index (χ3v) is 3.71. The highest BCUT2D eigenvalue weighted by Crippen LogP contribution is 2.23. The van der Waals surface area contributed by atoms with Crippen LogP contribution in [0.1, 0.15) is 33.1 Å². The van der Waals surface area contributed by atoms with E-state index in [0.717, 1.165) is 32.4 Å². The van der Waals surface area contributed by atoms with Gasteiger partial charge in [-0.15, -0.1) is 0 Å². The van der Waals surface area contributed by atoms with Crippen molar-refractivity contribution in [2.75, 3.05) is 39.9 Å². The van der Waals surface area contributed by atoms with Crippen LogP contribution in [0.25, 0.3) is 0 Å². The quantitative estimate of drug-likeness (QED) is 0.727. The van der Waals surface area contributed by atoms with Gasteiger partial charge in [-0.1, -0.05) is 13.8 Å². The fourth-order valence-electron chi connectivity index (χ4n) is 2.09. The van der Waals surface area contributed by atoms with Crippen molar-refractivity contribution >= 4 is 0 Å². The molecular weight excluding hydrogens is 216 g/mol. The summed E-state index contributed by atoms with van der Waals surface area (Å²) in [5.41, 5.74) is 5.35. The van der Waals surface area contributed by atoms with E-state index in [1.54, 1.807) is 0 Å². The van der Waals surface area contributed by atoms with Crippen LogP contribution in [0.2, 0.25) is 0 Å². The van der Waals surface area contributed by atoms with Crippen molar-refractivity contribution in [2.45, 2.75) is 38.7 Å². The monoisotopic (exact) mass is 244 g/mol. The normalized spacial score (nSPS) is 20.8. The summed E-state index contributed by atoms with van der Waals surface area (Å²) in [6.45, 7) is 8.15. The average Bonchev–Trinajstić information content (AvgIpc) is 2.27. The molecule has 102 valence electrons. The van der Waals surface area contributed by atoms with Gasteiger partial charge in [0.25, 0.3) is 0 Å². The first-order valence-corrected chi connectivity index (χ1v) is 6.56. The van der Waals surface area contributed by atoms with E-state index < -0.39 is 5.60 Å². The van der Waals surface area contributed by atoms with Crippen LogP contribution in [0.3, 0.4) is 0 Å². The summed E-state index contributed by atoms with van der Waals surface area (Å²) in [6, 6.07) is 0. The lowest BCUT2D eigenvalue weighted by Gasteiger charge is -2.36. The van der Waals surface area contributed by atoms with Crippen LogP contribution in [0, 0.1) is 5.41 Å². The first kappa shape index (κ1) is 14.9. The van der Waals surface area contributed by atoms with Crippen LogP contribution < -0.4 is 5.73 Å². The Morgan fingerprint density at radius 1 is 1.35 bits per heavy atom. The Morgan fingerprint density at radius 2 is 1.94 bits per heavy atom.